The molecule has 0 radical (unpaired) electrons. The van der Waals surface area contributed by atoms with Crippen molar-refractivity contribution < 1.29 is 9.15 Å². The normalized spacial score (nSPS) is 11.0. The number of rotatable bonds is 6. The lowest BCUT2D eigenvalue weighted by atomic mass is 10.2. The summed E-state index contributed by atoms with van der Waals surface area (Å²) < 4.78 is 13.1. The monoisotopic (exact) mass is 344 g/mol. The van der Waals surface area contributed by atoms with Crippen molar-refractivity contribution in [3.05, 3.63) is 41.6 Å². The van der Waals surface area contributed by atoms with E-state index in [4.69, 9.17) is 9.15 Å². The molecule has 0 spiro atoms. The van der Waals surface area contributed by atoms with Crippen LogP contribution in [0.1, 0.15) is 24.3 Å². The van der Waals surface area contributed by atoms with E-state index in [0.29, 0.717) is 11.6 Å². The van der Waals surface area contributed by atoms with Crippen LogP contribution in [0.5, 0.6) is 5.75 Å². The summed E-state index contributed by atoms with van der Waals surface area (Å²) in [4.78, 5) is 4.41. The van der Waals surface area contributed by atoms with Gasteiger partial charge in [-0.1, -0.05) is 23.9 Å². The first-order chi connectivity index (χ1) is 11.6. The molecule has 2 aromatic heterocycles. The first kappa shape index (κ1) is 16.6. The van der Waals surface area contributed by atoms with Crippen molar-refractivity contribution in [1.82, 2.24) is 19.7 Å². The quantitative estimate of drug-likeness (QED) is 0.632. The molecule has 0 N–H and O–H groups in total. The lowest BCUT2D eigenvalue weighted by Gasteiger charge is -2.10. The van der Waals surface area contributed by atoms with Crippen molar-refractivity contribution in [3.8, 4) is 17.1 Å². The van der Waals surface area contributed by atoms with Gasteiger partial charge >= 0.3 is 0 Å². The van der Waals surface area contributed by atoms with Gasteiger partial charge in [0, 0.05) is 6.54 Å². The van der Waals surface area contributed by atoms with Crippen LogP contribution in [-0.4, -0.2) is 26.9 Å². The highest BCUT2D eigenvalue weighted by Crippen LogP contribution is 2.31. The fraction of sp³-hybridized carbons (Fsp3) is 0.353. The second kappa shape index (κ2) is 7.09. The second-order valence-electron chi connectivity index (χ2n) is 5.29. The highest BCUT2D eigenvalue weighted by molar-refractivity contribution is 7.98. The maximum Gasteiger partial charge on any atom is 0.205 e. The highest BCUT2D eigenvalue weighted by atomic mass is 32.2. The van der Waals surface area contributed by atoms with E-state index >= 15 is 0 Å². The summed E-state index contributed by atoms with van der Waals surface area (Å²) in [5.41, 5.74) is 1.86. The number of ether oxygens (including phenoxy) is 1. The van der Waals surface area contributed by atoms with Crippen LogP contribution >= 0.6 is 11.8 Å². The number of benzene rings is 1. The van der Waals surface area contributed by atoms with Crippen LogP contribution in [0.3, 0.4) is 0 Å². The molecule has 24 heavy (non-hydrogen) atoms. The second-order valence-corrected chi connectivity index (χ2v) is 6.23. The minimum Gasteiger partial charge on any atom is -0.496 e. The molecular formula is C17H20N4O2S. The van der Waals surface area contributed by atoms with Crippen molar-refractivity contribution in [3.63, 3.8) is 0 Å². The van der Waals surface area contributed by atoms with E-state index in [1.807, 2.05) is 38.1 Å². The zero-order valence-corrected chi connectivity index (χ0v) is 15.1. The molecule has 0 aliphatic heterocycles. The summed E-state index contributed by atoms with van der Waals surface area (Å²) in [6.07, 6.45) is 0. The molecule has 6 nitrogen and oxygen atoms in total. The minimum absolute atomic E-state index is 0.624. The van der Waals surface area contributed by atoms with Gasteiger partial charge in [0.25, 0.3) is 0 Å². The Morgan fingerprint density at radius 1 is 1.21 bits per heavy atom. The predicted octanol–water partition coefficient (Wildman–Crippen LogP) is 3.87. The number of para-hydroxylation sites is 1. The van der Waals surface area contributed by atoms with Crippen LogP contribution in [0.15, 0.2) is 33.8 Å². The van der Waals surface area contributed by atoms with Crippen molar-refractivity contribution in [2.75, 3.05) is 7.11 Å². The molecule has 0 fully saturated rings. The smallest absolute Gasteiger partial charge is 0.205 e. The van der Waals surface area contributed by atoms with Crippen molar-refractivity contribution >= 4 is 11.8 Å². The number of hydrogen-bond acceptors (Lipinski definition) is 6. The van der Waals surface area contributed by atoms with Gasteiger partial charge in [-0.05, 0) is 32.9 Å². The number of methoxy groups -OCH3 is 1. The molecule has 0 amide bonds. The van der Waals surface area contributed by atoms with E-state index in [9.17, 15) is 0 Å². The lowest BCUT2D eigenvalue weighted by molar-refractivity contribution is 0.416. The topological polar surface area (TPSA) is 66.0 Å². The fourth-order valence-electron chi connectivity index (χ4n) is 2.44. The maximum atomic E-state index is 5.63. The molecule has 0 aliphatic carbocycles. The van der Waals surface area contributed by atoms with Gasteiger partial charge in [-0.15, -0.1) is 10.2 Å². The first-order valence-corrected chi connectivity index (χ1v) is 8.74. The third-order valence-corrected chi connectivity index (χ3v) is 4.73. The SMILES string of the molecule is CCn1c(SCc2nc(C)c(C)o2)nnc1-c1ccccc1OC. The fourth-order valence-corrected chi connectivity index (χ4v) is 3.28. The molecule has 3 aromatic rings. The van der Waals surface area contributed by atoms with Crippen LogP contribution in [-0.2, 0) is 12.3 Å². The molecule has 7 heteroatoms. The van der Waals surface area contributed by atoms with Crippen molar-refractivity contribution in [2.24, 2.45) is 0 Å². The standard InChI is InChI=1S/C17H20N4O2S/c1-5-21-16(13-8-6-7-9-14(13)22-4)19-20-17(21)24-10-15-18-11(2)12(3)23-15/h6-9H,5,10H2,1-4H3. The Labute approximate surface area is 145 Å². The Hall–Kier alpha value is -2.28. The van der Waals surface area contributed by atoms with Gasteiger partial charge in [0.15, 0.2) is 11.0 Å². The number of aryl methyl sites for hydroxylation is 2. The first-order valence-electron chi connectivity index (χ1n) is 7.76. The molecule has 0 saturated heterocycles. The van der Waals surface area contributed by atoms with Crippen LogP contribution in [0, 0.1) is 13.8 Å². The number of aromatic nitrogens is 4. The molecule has 0 atom stereocenters. The van der Waals surface area contributed by atoms with Crippen LogP contribution in [0.2, 0.25) is 0 Å². The van der Waals surface area contributed by atoms with E-state index in [1.165, 1.54) is 0 Å². The summed E-state index contributed by atoms with van der Waals surface area (Å²) in [5.74, 6) is 3.78. The zero-order valence-electron chi connectivity index (χ0n) is 14.2. The Bertz CT molecular complexity index is 821. The van der Waals surface area contributed by atoms with Gasteiger partial charge in [0.1, 0.15) is 11.5 Å². The molecular weight excluding hydrogens is 324 g/mol. The number of hydrogen-bond donors (Lipinski definition) is 0. The van der Waals surface area contributed by atoms with E-state index in [2.05, 4.69) is 26.7 Å². The molecule has 2 heterocycles. The highest BCUT2D eigenvalue weighted by Gasteiger charge is 2.17. The molecule has 126 valence electrons. The average Bonchev–Trinajstić information content (AvgIpc) is 3.15. The van der Waals surface area contributed by atoms with E-state index in [1.54, 1.807) is 18.9 Å². The molecule has 0 saturated carbocycles. The molecule has 1 aromatic carbocycles. The van der Waals surface area contributed by atoms with Crippen molar-refractivity contribution in [2.45, 2.75) is 38.2 Å². The van der Waals surface area contributed by atoms with Crippen LogP contribution in [0.4, 0.5) is 0 Å². The Balaban J connectivity index is 1.86. The van der Waals surface area contributed by atoms with Gasteiger partial charge in [0.2, 0.25) is 5.89 Å². The summed E-state index contributed by atoms with van der Waals surface area (Å²) in [6, 6.07) is 7.83. The van der Waals surface area contributed by atoms with Gasteiger partial charge < -0.3 is 13.7 Å². The summed E-state index contributed by atoms with van der Waals surface area (Å²) in [5, 5.41) is 9.54. The van der Waals surface area contributed by atoms with Gasteiger partial charge in [-0.3, -0.25) is 0 Å². The summed E-state index contributed by atoms with van der Waals surface area (Å²) in [7, 11) is 1.66. The van der Waals surface area contributed by atoms with Gasteiger partial charge in [-0.2, -0.15) is 0 Å². The summed E-state index contributed by atoms with van der Waals surface area (Å²) in [6.45, 7) is 6.71. The average molecular weight is 344 g/mol. The van der Waals surface area contributed by atoms with Crippen LogP contribution < -0.4 is 4.74 Å². The zero-order chi connectivity index (χ0) is 17.1. The largest absolute Gasteiger partial charge is 0.496 e. The van der Waals surface area contributed by atoms with E-state index in [0.717, 1.165) is 40.3 Å². The Morgan fingerprint density at radius 2 is 2.00 bits per heavy atom. The van der Waals surface area contributed by atoms with E-state index in [-0.39, 0.29) is 0 Å². The number of oxazole rings is 1. The molecule has 0 aliphatic rings. The van der Waals surface area contributed by atoms with E-state index < -0.39 is 0 Å². The molecule has 3 rings (SSSR count). The summed E-state index contributed by atoms with van der Waals surface area (Å²) >= 11 is 1.57. The van der Waals surface area contributed by atoms with Crippen molar-refractivity contribution in [1.29, 1.82) is 0 Å². The molecule has 0 unspecified atom stereocenters. The Morgan fingerprint density at radius 3 is 2.67 bits per heavy atom. The number of thioether (sulfide) groups is 1. The molecule has 0 bridgehead atoms. The van der Waals surface area contributed by atoms with Crippen LogP contribution in [0.25, 0.3) is 11.4 Å². The number of nitrogens with zero attached hydrogens (tertiary/aromatic N) is 4. The Kier molecular flexibility index (Phi) is 4.89. The van der Waals surface area contributed by atoms with Gasteiger partial charge in [-0.25, -0.2) is 4.98 Å². The predicted molar refractivity (Wildman–Crippen MR) is 93.2 cm³/mol. The minimum atomic E-state index is 0.624. The third kappa shape index (κ3) is 3.17. The van der Waals surface area contributed by atoms with Gasteiger partial charge in [0.05, 0.1) is 24.1 Å². The maximum absolute atomic E-state index is 5.63. The lowest BCUT2D eigenvalue weighted by Crippen LogP contribution is -2.01. The third-order valence-electron chi connectivity index (χ3n) is 3.78.